The molecule has 20 heavy (non-hydrogen) atoms. The van der Waals surface area contributed by atoms with E-state index in [2.05, 4.69) is 17.6 Å². The summed E-state index contributed by atoms with van der Waals surface area (Å²) in [5.41, 5.74) is 1.54. The van der Waals surface area contributed by atoms with E-state index < -0.39 is 5.91 Å². The summed E-state index contributed by atoms with van der Waals surface area (Å²) >= 11 is 5.89. The van der Waals surface area contributed by atoms with E-state index in [-0.39, 0.29) is 5.57 Å². The second-order valence-corrected chi connectivity index (χ2v) is 4.83. The highest BCUT2D eigenvalue weighted by Crippen LogP contribution is 2.20. The minimum atomic E-state index is -0.443. The molecule has 1 amide bonds. The fourth-order valence-electron chi connectivity index (χ4n) is 1.52. The molecule has 0 unspecified atom stereocenters. The number of unbranched alkanes of at least 4 members (excludes halogenated alkanes) is 1. The molecule has 0 aliphatic heterocycles. The number of halogens is 1. The second-order valence-electron chi connectivity index (χ2n) is 4.39. The summed E-state index contributed by atoms with van der Waals surface area (Å²) in [6.07, 6.45) is 3.49. The molecular formula is C15H18ClN3O. The van der Waals surface area contributed by atoms with Gasteiger partial charge in [0.25, 0.3) is 5.91 Å². The predicted molar refractivity (Wildman–Crippen MR) is 81.4 cm³/mol. The fourth-order valence-corrected chi connectivity index (χ4v) is 1.69. The van der Waals surface area contributed by atoms with E-state index in [0.717, 1.165) is 24.9 Å². The molecule has 0 radical (unpaired) electrons. The second kappa shape index (κ2) is 8.23. The van der Waals surface area contributed by atoms with Crippen LogP contribution in [0, 0.1) is 18.3 Å². The number of benzene rings is 1. The maximum atomic E-state index is 12.0. The molecule has 0 fully saturated rings. The largest absolute Gasteiger partial charge is 0.390 e. The van der Waals surface area contributed by atoms with E-state index in [1.807, 2.05) is 19.1 Å². The van der Waals surface area contributed by atoms with Crippen LogP contribution in [0.25, 0.3) is 0 Å². The summed E-state index contributed by atoms with van der Waals surface area (Å²) in [4.78, 5) is 12.0. The van der Waals surface area contributed by atoms with Gasteiger partial charge in [-0.05, 0) is 31.0 Å². The van der Waals surface area contributed by atoms with E-state index in [4.69, 9.17) is 16.9 Å². The van der Waals surface area contributed by atoms with Gasteiger partial charge in [0.05, 0.1) is 0 Å². The molecule has 1 aromatic rings. The lowest BCUT2D eigenvalue weighted by molar-refractivity contribution is -0.112. The van der Waals surface area contributed by atoms with Crippen LogP contribution in [0.5, 0.6) is 0 Å². The Morgan fingerprint density at radius 1 is 1.50 bits per heavy atom. The van der Waals surface area contributed by atoms with Crippen LogP contribution in [-0.2, 0) is 4.79 Å². The molecule has 2 N–H and O–H groups in total. The van der Waals surface area contributed by atoms with Crippen molar-refractivity contribution in [2.45, 2.75) is 26.7 Å². The lowest BCUT2D eigenvalue weighted by Crippen LogP contribution is -2.17. The molecule has 0 atom stereocenters. The third-order valence-corrected chi connectivity index (χ3v) is 2.97. The summed E-state index contributed by atoms with van der Waals surface area (Å²) in [7, 11) is 0. The number of carbonyl (C=O) groups excluding carboxylic acids is 1. The Morgan fingerprint density at radius 3 is 2.90 bits per heavy atom. The lowest BCUT2D eigenvalue weighted by Gasteiger charge is -2.08. The molecule has 5 heteroatoms. The Kier molecular flexibility index (Phi) is 6.61. The van der Waals surface area contributed by atoms with Crippen molar-refractivity contribution in [3.63, 3.8) is 0 Å². The number of rotatable bonds is 6. The number of anilines is 1. The molecule has 0 heterocycles. The highest BCUT2D eigenvalue weighted by Gasteiger charge is 2.10. The molecule has 0 spiro atoms. The van der Waals surface area contributed by atoms with Gasteiger partial charge in [-0.1, -0.05) is 31.0 Å². The van der Waals surface area contributed by atoms with Gasteiger partial charge in [0.1, 0.15) is 11.6 Å². The van der Waals surface area contributed by atoms with E-state index in [1.165, 1.54) is 6.20 Å². The number of amides is 1. The molecular weight excluding hydrogens is 274 g/mol. The standard InChI is InChI=1S/C15H18ClN3O/c1-3-4-7-18-10-12(9-17)15(20)19-14-8-13(16)6-5-11(14)2/h5-6,8,10,18H,3-4,7H2,1-2H3,(H,19,20)/b12-10-. The Balaban J connectivity index is 2.73. The highest BCUT2D eigenvalue weighted by molar-refractivity contribution is 6.31. The lowest BCUT2D eigenvalue weighted by atomic mass is 10.2. The molecule has 0 saturated heterocycles. The number of aryl methyl sites for hydroxylation is 1. The molecule has 0 bridgehead atoms. The van der Waals surface area contributed by atoms with Crippen LogP contribution in [0.4, 0.5) is 5.69 Å². The SMILES string of the molecule is CCCCN/C=C(/C#N)C(=O)Nc1cc(Cl)ccc1C. The van der Waals surface area contributed by atoms with Gasteiger partial charge in [0.15, 0.2) is 0 Å². The van der Waals surface area contributed by atoms with Crippen molar-refractivity contribution in [1.82, 2.24) is 5.32 Å². The molecule has 0 saturated carbocycles. The van der Waals surface area contributed by atoms with Crippen LogP contribution < -0.4 is 10.6 Å². The Labute approximate surface area is 124 Å². The van der Waals surface area contributed by atoms with Gasteiger partial charge in [0.2, 0.25) is 0 Å². The Morgan fingerprint density at radius 2 is 2.25 bits per heavy atom. The number of nitrogens with one attached hydrogen (secondary N) is 2. The number of hydrogen-bond donors (Lipinski definition) is 2. The Bertz CT molecular complexity index is 547. The van der Waals surface area contributed by atoms with Crippen LogP contribution in [-0.4, -0.2) is 12.5 Å². The van der Waals surface area contributed by atoms with E-state index >= 15 is 0 Å². The summed E-state index contributed by atoms with van der Waals surface area (Å²) in [5, 5.41) is 15.2. The molecule has 0 aromatic heterocycles. The number of carbonyl (C=O) groups is 1. The monoisotopic (exact) mass is 291 g/mol. The van der Waals surface area contributed by atoms with E-state index in [9.17, 15) is 4.79 Å². The zero-order valence-corrected chi connectivity index (χ0v) is 12.4. The van der Waals surface area contributed by atoms with Crippen molar-refractivity contribution >= 4 is 23.2 Å². The normalized spacial score (nSPS) is 10.8. The van der Waals surface area contributed by atoms with E-state index in [1.54, 1.807) is 12.1 Å². The van der Waals surface area contributed by atoms with E-state index in [0.29, 0.717) is 10.7 Å². The number of nitriles is 1. The van der Waals surface area contributed by atoms with Gasteiger partial charge in [-0.2, -0.15) is 5.26 Å². The number of nitrogens with zero attached hydrogens (tertiary/aromatic N) is 1. The van der Waals surface area contributed by atoms with Gasteiger partial charge in [-0.15, -0.1) is 0 Å². The third kappa shape index (κ3) is 4.94. The van der Waals surface area contributed by atoms with Crippen LogP contribution >= 0.6 is 11.6 Å². The third-order valence-electron chi connectivity index (χ3n) is 2.73. The van der Waals surface area contributed by atoms with Gasteiger partial charge >= 0.3 is 0 Å². The van der Waals surface area contributed by atoms with Crippen LogP contribution in [0.2, 0.25) is 5.02 Å². The topological polar surface area (TPSA) is 64.9 Å². The van der Waals surface area contributed by atoms with Crippen LogP contribution in [0.3, 0.4) is 0 Å². The van der Waals surface area contributed by atoms with Crippen molar-refractivity contribution in [1.29, 1.82) is 5.26 Å². The predicted octanol–water partition coefficient (Wildman–Crippen LogP) is 3.38. The first-order valence-electron chi connectivity index (χ1n) is 6.49. The zero-order valence-electron chi connectivity index (χ0n) is 11.7. The van der Waals surface area contributed by atoms with Gasteiger partial charge < -0.3 is 10.6 Å². The smallest absolute Gasteiger partial charge is 0.267 e. The summed E-state index contributed by atoms with van der Waals surface area (Å²) in [6, 6.07) is 7.11. The molecule has 1 rings (SSSR count). The maximum Gasteiger partial charge on any atom is 0.267 e. The minimum absolute atomic E-state index is 0.0421. The highest BCUT2D eigenvalue weighted by atomic mass is 35.5. The average Bonchev–Trinajstić information content (AvgIpc) is 2.43. The first kappa shape index (κ1) is 16.1. The van der Waals surface area contributed by atoms with Crippen molar-refractivity contribution in [3.8, 4) is 6.07 Å². The minimum Gasteiger partial charge on any atom is -0.390 e. The van der Waals surface area contributed by atoms with Gasteiger partial charge in [-0.3, -0.25) is 4.79 Å². The average molecular weight is 292 g/mol. The molecule has 1 aromatic carbocycles. The summed E-state index contributed by atoms with van der Waals surface area (Å²) in [5.74, 6) is -0.443. The quantitative estimate of drug-likeness (QED) is 0.480. The first-order valence-corrected chi connectivity index (χ1v) is 6.87. The number of hydrogen-bond acceptors (Lipinski definition) is 3. The van der Waals surface area contributed by atoms with Gasteiger partial charge in [-0.25, -0.2) is 0 Å². The first-order chi connectivity index (χ1) is 9.58. The van der Waals surface area contributed by atoms with Crippen LogP contribution in [0.15, 0.2) is 30.0 Å². The van der Waals surface area contributed by atoms with Crippen molar-refractivity contribution in [3.05, 3.63) is 40.6 Å². The van der Waals surface area contributed by atoms with Crippen LogP contribution in [0.1, 0.15) is 25.3 Å². The molecule has 4 nitrogen and oxygen atoms in total. The Hall–Kier alpha value is -1.99. The molecule has 0 aliphatic rings. The maximum absolute atomic E-state index is 12.0. The summed E-state index contributed by atoms with van der Waals surface area (Å²) in [6.45, 7) is 4.68. The van der Waals surface area contributed by atoms with Crippen molar-refractivity contribution in [2.24, 2.45) is 0 Å². The van der Waals surface area contributed by atoms with Crippen molar-refractivity contribution in [2.75, 3.05) is 11.9 Å². The van der Waals surface area contributed by atoms with Gasteiger partial charge in [0, 0.05) is 23.5 Å². The summed E-state index contributed by atoms with van der Waals surface area (Å²) < 4.78 is 0. The fraction of sp³-hybridized carbons (Fsp3) is 0.333. The molecule has 0 aliphatic carbocycles. The zero-order chi connectivity index (χ0) is 15.0. The molecule has 106 valence electrons. The van der Waals surface area contributed by atoms with Crippen molar-refractivity contribution < 1.29 is 4.79 Å².